The Balaban J connectivity index is 2.44. The highest BCUT2D eigenvalue weighted by molar-refractivity contribution is 6.02. The standard InChI is InChI=1S/C13H13NO/c1-15-13(9-7-12(14)8-10-13)11-5-3-2-4-6-11/h2-10,14H,1H3. The van der Waals surface area contributed by atoms with Gasteiger partial charge in [0.25, 0.3) is 0 Å². The van der Waals surface area contributed by atoms with E-state index in [9.17, 15) is 0 Å². The van der Waals surface area contributed by atoms with Gasteiger partial charge in [-0.3, -0.25) is 0 Å². The summed E-state index contributed by atoms with van der Waals surface area (Å²) in [6.07, 6.45) is 7.34. The molecular weight excluding hydrogens is 186 g/mol. The summed E-state index contributed by atoms with van der Waals surface area (Å²) in [6, 6.07) is 9.99. The first-order chi connectivity index (χ1) is 7.27. The molecule has 1 aromatic carbocycles. The second-order valence-corrected chi connectivity index (χ2v) is 3.49. The van der Waals surface area contributed by atoms with Crippen molar-refractivity contribution in [2.45, 2.75) is 5.60 Å². The number of benzene rings is 1. The van der Waals surface area contributed by atoms with Crippen molar-refractivity contribution in [3.63, 3.8) is 0 Å². The van der Waals surface area contributed by atoms with Crippen LogP contribution in [0.5, 0.6) is 0 Å². The Kier molecular flexibility index (Phi) is 2.52. The Hall–Kier alpha value is -1.67. The number of hydrogen-bond acceptors (Lipinski definition) is 2. The number of ether oxygens (including phenoxy) is 1. The molecule has 0 aromatic heterocycles. The molecule has 0 unspecified atom stereocenters. The SMILES string of the molecule is COC1(c2ccccc2)C=CC(=N)C=C1. The van der Waals surface area contributed by atoms with Gasteiger partial charge in [0.05, 0.1) is 5.71 Å². The van der Waals surface area contributed by atoms with Gasteiger partial charge in [-0.15, -0.1) is 0 Å². The lowest BCUT2D eigenvalue weighted by atomic mass is 9.89. The average molecular weight is 199 g/mol. The highest BCUT2D eigenvalue weighted by atomic mass is 16.5. The quantitative estimate of drug-likeness (QED) is 0.780. The minimum atomic E-state index is -0.508. The lowest BCUT2D eigenvalue weighted by molar-refractivity contribution is 0.0722. The van der Waals surface area contributed by atoms with Gasteiger partial charge in [0.2, 0.25) is 0 Å². The van der Waals surface area contributed by atoms with Crippen molar-refractivity contribution in [1.82, 2.24) is 0 Å². The van der Waals surface area contributed by atoms with E-state index in [0.29, 0.717) is 5.71 Å². The van der Waals surface area contributed by atoms with Crippen LogP contribution in [0.15, 0.2) is 54.6 Å². The Morgan fingerprint density at radius 1 is 1.07 bits per heavy atom. The van der Waals surface area contributed by atoms with E-state index in [4.69, 9.17) is 10.1 Å². The van der Waals surface area contributed by atoms with Crippen LogP contribution in [0.2, 0.25) is 0 Å². The van der Waals surface area contributed by atoms with Crippen LogP contribution in [-0.2, 0) is 10.3 Å². The molecule has 0 saturated heterocycles. The lowest BCUT2D eigenvalue weighted by Crippen LogP contribution is -2.25. The maximum atomic E-state index is 7.47. The predicted octanol–water partition coefficient (Wildman–Crippen LogP) is 2.67. The number of nitrogens with one attached hydrogen (secondary N) is 1. The van der Waals surface area contributed by atoms with Crippen LogP contribution < -0.4 is 0 Å². The summed E-state index contributed by atoms with van der Waals surface area (Å²) >= 11 is 0. The smallest absolute Gasteiger partial charge is 0.130 e. The van der Waals surface area contributed by atoms with Gasteiger partial charge >= 0.3 is 0 Å². The number of methoxy groups -OCH3 is 1. The molecule has 76 valence electrons. The van der Waals surface area contributed by atoms with Crippen LogP contribution in [0.3, 0.4) is 0 Å². The summed E-state index contributed by atoms with van der Waals surface area (Å²) in [5.41, 5.74) is 1.07. The molecule has 0 fully saturated rings. The molecule has 2 nitrogen and oxygen atoms in total. The van der Waals surface area contributed by atoms with Gasteiger partial charge in [0, 0.05) is 7.11 Å². The third kappa shape index (κ3) is 1.76. The molecule has 1 aromatic rings. The molecule has 1 aliphatic rings. The minimum Gasteiger partial charge on any atom is -0.365 e. The molecule has 0 atom stereocenters. The van der Waals surface area contributed by atoms with E-state index >= 15 is 0 Å². The van der Waals surface area contributed by atoms with Gasteiger partial charge < -0.3 is 10.1 Å². The second-order valence-electron chi connectivity index (χ2n) is 3.49. The molecule has 0 amide bonds. The maximum absolute atomic E-state index is 7.47. The van der Waals surface area contributed by atoms with Crippen molar-refractivity contribution in [3.05, 3.63) is 60.2 Å². The van der Waals surface area contributed by atoms with Crippen molar-refractivity contribution in [1.29, 1.82) is 5.41 Å². The van der Waals surface area contributed by atoms with E-state index in [1.807, 2.05) is 42.5 Å². The van der Waals surface area contributed by atoms with Crippen LogP contribution in [0.4, 0.5) is 0 Å². The van der Waals surface area contributed by atoms with Crippen molar-refractivity contribution in [3.8, 4) is 0 Å². The summed E-state index contributed by atoms with van der Waals surface area (Å²) in [6.45, 7) is 0. The number of rotatable bonds is 2. The summed E-state index contributed by atoms with van der Waals surface area (Å²) in [7, 11) is 1.68. The summed E-state index contributed by atoms with van der Waals surface area (Å²) < 4.78 is 5.54. The summed E-state index contributed by atoms with van der Waals surface area (Å²) in [5, 5.41) is 7.47. The van der Waals surface area contributed by atoms with E-state index in [2.05, 4.69) is 0 Å². The van der Waals surface area contributed by atoms with Crippen molar-refractivity contribution < 1.29 is 4.74 Å². The molecule has 0 spiro atoms. The van der Waals surface area contributed by atoms with Crippen molar-refractivity contribution in [2.24, 2.45) is 0 Å². The maximum Gasteiger partial charge on any atom is 0.130 e. The molecule has 15 heavy (non-hydrogen) atoms. The Labute approximate surface area is 89.4 Å². The summed E-state index contributed by atoms with van der Waals surface area (Å²) in [4.78, 5) is 0. The fraction of sp³-hybridized carbons (Fsp3) is 0.154. The minimum absolute atomic E-state index is 0.499. The second kappa shape index (κ2) is 3.83. The van der Waals surface area contributed by atoms with Gasteiger partial charge in [-0.2, -0.15) is 0 Å². The molecule has 2 heteroatoms. The number of hydrogen-bond donors (Lipinski definition) is 1. The van der Waals surface area contributed by atoms with Crippen molar-refractivity contribution >= 4 is 5.71 Å². The zero-order valence-corrected chi connectivity index (χ0v) is 8.60. The highest BCUT2D eigenvalue weighted by Gasteiger charge is 2.27. The predicted molar refractivity (Wildman–Crippen MR) is 61.1 cm³/mol. The normalized spacial score (nSPS) is 24.5. The molecule has 0 heterocycles. The lowest BCUT2D eigenvalue weighted by Gasteiger charge is -2.28. The van der Waals surface area contributed by atoms with E-state index in [-0.39, 0.29) is 0 Å². The zero-order valence-electron chi connectivity index (χ0n) is 8.60. The first kappa shape index (κ1) is 9.87. The molecule has 1 N–H and O–H groups in total. The first-order valence-electron chi connectivity index (χ1n) is 4.84. The number of allylic oxidation sites excluding steroid dienone is 2. The highest BCUT2D eigenvalue weighted by Crippen LogP contribution is 2.30. The van der Waals surface area contributed by atoms with Crippen molar-refractivity contribution in [2.75, 3.05) is 7.11 Å². The third-order valence-corrected chi connectivity index (χ3v) is 2.58. The van der Waals surface area contributed by atoms with E-state index in [1.165, 1.54) is 0 Å². The Morgan fingerprint density at radius 3 is 2.20 bits per heavy atom. The van der Waals surface area contributed by atoms with Gasteiger partial charge in [0.15, 0.2) is 0 Å². The van der Waals surface area contributed by atoms with E-state index in [0.717, 1.165) is 5.56 Å². The van der Waals surface area contributed by atoms with Crippen LogP contribution in [-0.4, -0.2) is 12.8 Å². The van der Waals surface area contributed by atoms with Gasteiger partial charge in [0.1, 0.15) is 5.60 Å². The molecule has 0 saturated carbocycles. The van der Waals surface area contributed by atoms with Crippen LogP contribution >= 0.6 is 0 Å². The average Bonchev–Trinajstić information content (AvgIpc) is 2.32. The molecule has 0 bridgehead atoms. The van der Waals surface area contributed by atoms with Crippen LogP contribution in [0.1, 0.15) is 5.56 Å². The third-order valence-electron chi connectivity index (χ3n) is 2.58. The molecule has 2 rings (SSSR count). The van der Waals surface area contributed by atoms with Gasteiger partial charge in [-0.25, -0.2) is 0 Å². The molecule has 0 aliphatic heterocycles. The Bertz CT molecular complexity index is 401. The summed E-state index contributed by atoms with van der Waals surface area (Å²) in [5.74, 6) is 0. The molecule has 1 aliphatic carbocycles. The van der Waals surface area contributed by atoms with E-state index in [1.54, 1.807) is 19.3 Å². The monoisotopic (exact) mass is 199 g/mol. The molecule has 0 radical (unpaired) electrons. The van der Waals surface area contributed by atoms with Gasteiger partial charge in [-0.1, -0.05) is 30.3 Å². The topological polar surface area (TPSA) is 33.1 Å². The van der Waals surface area contributed by atoms with E-state index < -0.39 is 5.60 Å². The first-order valence-corrected chi connectivity index (χ1v) is 4.84. The van der Waals surface area contributed by atoms with Gasteiger partial charge in [-0.05, 0) is 29.9 Å². The largest absolute Gasteiger partial charge is 0.365 e. The van der Waals surface area contributed by atoms with Crippen LogP contribution in [0, 0.1) is 5.41 Å². The fourth-order valence-electron chi connectivity index (χ4n) is 1.68. The zero-order chi connectivity index (χ0) is 10.7. The molecular formula is C13H13NO. The Morgan fingerprint density at radius 2 is 1.67 bits per heavy atom. The fourth-order valence-corrected chi connectivity index (χ4v) is 1.68. The van der Waals surface area contributed by atoms with Crippen LogP contribution in [0.25, 0.3) is 0 Å².